The molecule has 0 saturated carbocycles. The van der Waals surface area contributed by atoms with E-state index in [0.29, 0.717) is 32.6 Å². The molecule has 0 unspecified atom stereocenters. The van der Waals surface area contributed by atoms with Gasteiger partial charge in [0.15, 0.2) is 5.58 Å². The first kappa shape index (κ1) is 23.8. The lowest BCUT2D eigenvalue weighted by molar-refractivity contribution is 0.0162. The maximum absolute atomic E-state index is 12.4. The van der Waals surface area contributed by atoms with E-state index in [0.717, 1.165) is 40.8 Å². The number of fused-ring (bicyclic) bond motifs is 1. The molecule has 0 spiro atoms. The molecule has 4 rings (SSSR count). The van der Waals surface area contributed by atoms with E-state index in [9.17, 15) is 13.2 Å². The largest absolute Gasteiger partial charge is 0.459 e. The van der Waals surface area contributed by atoms with Crippen molar-refractivity contribution in [2.45, 2.75) is 58.0 Å². The average molecular weight is 476 g/mol. The van der Waals surface area contributed by atoms with Crippen LogP contribution in [0.3, 0.4) is 0 Å². The van der Waals surface area contributed by atoms with Gasteiger partial charge < -0.3 is 14.1 Å². The van der Waals surface area contributed by atoms with Crippen LogP contribution < -0.4 is 0 Å². The van der Waals surface area contributed by atoms with Crippen molar-refractivity contribution < 1.29 is 22.4 Å². The van der Waals surface area contributed by atoms with E-state index in [-0.39, 0.29) is 11.5 Å². The molecule has 9 heteroatoms. The van der Waals surface area contributed by atoms with Gasteiger partial charge in [-0.15, -0.1) is 0 Å². The Morgan fingerprint density at radius 2 is 1.88 bits per heavy atom. The molecule has 1 amide bonds. The summed E-state index contributed by atoms with van der Waals surface area (Å²) in [5.41, 5.74) is 1.97. The molecule has 0 atom stereocenters. The van der Waals surface area contributed by atoms with Crippen LogP contribution in [0.4, 0.5) is 4.79 Å². The highest BCUT2D eigenvalue weighted by molar-refractivity contribution is 7.88. The summed E-state index contributed by atoms with van der Waals surface area (Å²) >= 11 is 0. The second-order valence-electron chi connectivity index (χ2n) is 10.3. The van der Waals surface area contributed by atoms with Crippen molar-refractivity contribution in [1.29, 1.82) is 0 Å². The third-order valence-corrected chi connectivity index (χ3v) is 7.76. The van der Waals surface area contributed by atoms with Crippen LogP contribution in [0, 0.1) is 0 Å². The zero-order chi connectivity index (χ0) is 24.0. The van der Waals surface area contributed by atoms with E-state index < -0.39 is 15.6 Å². The summed E-state index contributed by atoms with van der Waals surface area (Å²) in [5, 5.41) is 0.984. The number of carbonyl (C=O) groups excluding carboxylic acids is 1. The third kappa shape index (κ3) is 5.24. The Labute approximate surface area is 195 Å². The summed E-state index contributed by atoms with van der Waals surface area (Å²) in [4.78, 5) is 18.7. The maximum Gasteiger partial charge on any atom is 0.410 e. The van der Waals surface area contributed by atoms with Gasteiger partial charge in [-0.05, 0) is 57.7 Å². The zero-order valence-corrected chi connectivity index (χ0v) is 20.9. The molecule has 1 fully saturated rings. The van der Waals surface area contributed by atoms with Gasteiger partial charge >= 0.3 is 6.09 Å². The van der Waals surface area contributed by atoms with Crippen LogP contribution in [0.15, 0.2) is 28.8 Å². The Bertz CT molecular complexity index is 1180. The third-order valence-electron chi connectivity index (χ3n) is 6.49. The van der Waals surface area contributed by atoms with Gasteiger partial charge in [0, 0.05) is 37.0 Å². The minimum absolute atomic E-state index is 0.169. The number of hydrogen-bond acceptors (Lipinski definition) is 6. The monoisotopic (exact) mass is 475 g/mol. The van der Waals surface area contributed by atoms with E-state index in [2.05, 4.69) is 18.0 Å². The lowest BCUT2D eigenvalue weighted by atomic mass is 9.78. The SMILES string of the molecule is CC(C)(C)OC(=O)N1CCC(C)(c2cc3cc(C4=CCN(S(C)(=O)=O)CC4)ncc3o2)CC1. The summed E-state index contributed by atoms with van der Waals surface area (Å²) < 4.78 is 36.7. The number of likely N-dealkylation sites (tertiary alicyclic amines) is 1. The molecule has 33 heavy (non-hydrogen) atoms. The number of ether oxygens (including phenoxy) is 1. The van der Waals surface area contributed by atoms with Crippen molar-refractivity contribution in [2.24, 2.45) is 0 Å². The molecule has 0 aromatic carbocycles. The Morgan fingerprint density at radius 3 is 2.45 bits per heavy atom. The Hall–Kier alpha value is -2.39. The Kier molecular flexibility index (Phi) is 6.07. The summed E-state index contributed by atoms with van der Waals surface area (Å²) in [5.74, 6) is 0.904. The van der Waals surface area contributed by atoms with E-state index in [4.69, 9.17) is 9.15 Å². The van der Waals surface area contributed by atoms with Gasteiger partial charge in [-0.1, -0.05) is 13.0 Å². The predicted octanol–water partition coefficient (Wildman–Crippen LogP) is 4.17. The van der Waals surface area contributed by atoms with Crippen LogP contribution in [0.25, 0.3) is 16.5 Å². The van der Waals surface area contributed by atoms with Crippen molar-refractivity contribution in [3.05, 3.63) is 35.9 Å². The fourth-order valence-corrected chi connectivity index (χ4v) is 5.13. The molecule has 0 radical (unpaired) electrons. The summed E-state index contributed by atoms with van der Waals surface area (Å²) in [7, 11) is -3.18. The van der Waals surface area contributed by atoms with Gasteiger partial charge in [-0.25, -0.2) is 13.2 Å². The molecule has 1 saturated heterocycles. The molecule has 180 valence electrons. The van der Waals surface area contributed by atoms with Crippen molar-refractivity contribution in [1.82, 2.24) is 14.2 Å². The van der Waals surface area contributed by atoms with Gasteiger partial charge in [0.25, 0.3) is 0 Å². The van der Waals surface area contributed by atoms with Gasteiger partial charge in [-0.3, -0.25) is 4.98 Å². The number of nitrogens with zero attached hydrogens (tertiary/aromatic N) is 3. The van der Waals surface area contributed by atoms with E-state index in [1.54, 1.807) is 11.1 Å². The van der Waals surface area contributed by atoms with Gasteiger partial charge in [0.05, 0.1) is 18.1 Å². The lowest BCUT2D eigenvalue weighted by Crippen LogP contribution is -2.45. The number of rotatable bonds is 3. The smallest absolute Gasteiger partial charge is 0.410 e. The number of amides is 1. The molecule has 0 N–H and O–H groups in total. The van der Waals surface area contributed by atoms with Gasteiger partial charge in [0.2, 0.25) is 10.0 Å². The second kappa shape index (κ2) is 8.43. The van der Waals surface area contributed by atoms with E-state index >= 15 is 0 Å². The van der Waals surface area contributed by atoms with Crippen LogP contribution in [0.5, 0.6) is 0 Å². The fourth-order valence-electron chi connectivity index (χ4n) is 4.36. The summed E-state index contributed by atoms with van der Waals surface area (Å²) in [6, 6.07) is 4.10. The second-order valence-corrected chi connectivity index (χ2v) is 12.3. The number of piperidine rings is 1. The first-order valence-corrected chi connectivity index (χ1v) is 13.2. The molecule has 2 aromatic heterocycles. The highest BCUT2D eigenvalue weighted by Crippen LogP contribution is 2.38. The lowest BCUT2D eigenvalue weighted by Gasteiger charge is -2.38. The molecule has 8 nitrogen and oxygen atoms in total. The number of sulfonamides is 1. The highest BCUT2D eigenvalue weighted by atomic mass is 32.2. The van der Waals surface area contributed by atoms with Crippen LogP contribution in [0.2, 0.25) is 0 Å². The number of pyridine rings is 1. The van der Waals surface area contributed by atoms with Crippen LogP contribution in [0.1, 0.15) is 58.4 Å². The highest BCUT2D eigenvalue weighted by Gasteiger charge is 2.37. The zero-order valence-electron chi connectivity index (χ0n) is 20.1. The maximum atomic E-state index is 12.4. The van der Waals surface area contributed by atoms with Gasteiger partial charge in [0.1, 0.15) is 11.4 Å². The van der Waals surface area contributed by atoms with Crippen molar-refractivity contribution in [3.8, 4) is 0 Å². The van der Waals surface area contributed by atoms with E-state index in [1.807, 2.05) is 32.9 Å². The number of aromatic nitrogens is 1. The molecule has 2 aliphatic rings. The van der Waals surface area contributed by atoms with Crippen LogP contribution in [-0.4, -0.2) is 66.7 Å². The molecular weight excluding hydrogens is 442 g/mol. The number of carbonyl (C=O) groups is 1. The van der Waals surface area contributed by atoms with Gasteiger partial charge in [-0.2, -0.15) is 4.31 Å². The topological polar surface area (TPSA) is 93.0 Å². The average Bonchev–Trinajstić information content (AvgIpc) is 3.17. The number of hydrogen-bond donors (Lipinski definition) is 0. The van der Waals surface area contributed by atoms with Crippen molar-refractivity contribution in [3.63, 3.8) is 0 Å². The predicted molar refractivity (Wildman–Crippen MR) is 127 cm³/mol. The normalized spacial score (nSPS) is 20.0. The van der Waals surface area contributed by atoms with Crippen molar-refractivity contribution in [2.75, 3.05) is 32.4 Å². The van der Waals surface area contributed by atoms with Crippen LogP contribution in [-0.2, 0) is 20.2 Å². The van der Waals surface area contributed by atoms with Crippen LogP contribution >= 0.6 is 0 Å². The molecule has 2 aliphatic heterocycles. The standard InChI is InChI=1S/C24H33N3O5S/c1-23(2,3)32-22(28)26-12-8-24(4,9-13-26)21-15-18-14-19(25-16-20(18)31-21)17-6-10-27(11-7-17)33(5,29)30/h6,14-16H,7-13H2,1-5H3. The first-order chi connectivity index (χ1) is 15.3. The molecule has 4 heterocycles. The first-order valence-electron chi connectivity index (χ1n) is 11.4. The molecule has 0 aliphatic carbocycles. The Morgan fingerprint density at radius 1 is 1.18 bits per heavy atom. The molecule has 0 bridgehead atoms. The quantitative estimate of drug-likeness (QED) is 0.662. The Balaban J connectivity index is 1.48. The minimum atomic E-state index is -3.18. The van der Waals surface area contributed by atoms with Crippen molar-refractivity contribution >= 4 is 32.7 Å². The fraction of sp³-hybridized carbons (Fsp3) is 0.583. The molecular formula is C24H33N3O5S. The van der Waals surface area contributed by atoms with E-state index in [1.165, 1.54) is 10.6 Å². The number of furan rings is 1. The molecule has 2 aromatic rings. The summed E-state index contributed by atoms with van der Waals surface area (Å²) in [6.07, 6.45) is 6.87. The minimum Gasteiger partial charge on any atom is -0.459 e. The summed E-state index contributed by atoms with van der Waals surface area (Å²) in [6.45, 7) is 9.88.